The van der Waals surface area contributed by atoms with E-state index in [-0.39, 0.29) is 11.6 Å². The molecule has 2 aromatic carbocycles. The molecule has 0 bridgehead atoms. The van der Waals surface area contributed by atoms with Gasteiger partial charge in [-0.3, -0.25) is 9.36 Å². The minimum Gasteiger partial charge on any atom is -0.495 e. The first kappa shape index (κ1) is 22.3. The van der Waals surface area contributed by atoms with E-state index in [2.05, 4.69) is 19.2 Å². The lowest BCUT2D eigenvalue weighted by atomic mass is 10.1. The maximum Gasteiger partial charge on any atom is 0.322 e. The molecule has 1 atom stereocenters. The standard InChI is InChI=1S/C24H30N4O3/c1-16(2)14-15-28(24(30)26-20-12-8-9-13-21(20)31-5)17(3)22-25-19-11-7-6-10-18(19)23(29)27(22)4/h6-13,16-17H,14-15H2,1-5H3,(H,26,30). The largest absolute Gasteiger partial charge is 0.495 e. The van der Waals surface area contributed by atoms with Gasteiger partial charge in [0.2, 0.25) is 0 Å². The lowest BCUT2D eigenvalue weighted by molar-refractivity contribution is 0.184. The number of carbonyl (C=O) groups excluding carboxylic acids is 1. The number of rotatable bonds is 7. The molecule has 7 heteroatoms. The van der Waals surface area contributed by atoms with Crippen molar-refractivity contribution in [3.8, 4) is 5.75 Å². The normalized spacial score (nSPS) is 12.1. The molecule has 1 unspecified atom stereocenters. The number of benzene rings is 2. The minimum absolute atomic E-state index is 0.124. The predicted molar refractivity (Wildman–Crippen MR) is 124 cm³/mol. The molecule has 1 heterocycles. The van der Waals surface area contributed by atoms with Crippen molar-refractivity contribution in [1.29, 1.82) is 0 Å². The zero-order chi connectivity index (χ0) is 22.5. The van der Waals surface area contributed by atoms with Crippen molar-refractivity contribution in [1.82, 2.24) is 14.5 Å². The summed E-state index contributed by atoms with van der Waals surface area (Å²) in [7, 11) is 3.27. The molecule has 0 spiro atoms. The van der Waals surface area contributed by atoms with Gasteiger partial charge in [0.1, 0.15) is 11.6 Å². The van der Waals surface area contributed by atoms with Gasteiger partial charge in [0, 0.05) is 13.6 Å². The Kier molecular flexibility index (Phi) is 6.95. The number of hydrogen-bond donors (Lipinski definition) is 1. The van der Waals surface area contributed by atoms with Crippen molar-refractivity contribution in [2.24, 2.45) is 13.0 Å². The van der Waals surface area contributed by atoms with Crippen LogP contribution in [0.25, 0.3) is 10.9 Å². The molecule has 0 aliphatic carbocycles. The summed E-state index contributed by atoms with van der Waals surface area (Å²) < 4.78 is 6.89. The molecule has 7 nitrogen and oxygen atoms in total. The van der Waals surface area contributed by atoms with E-state index in [9.17, 15) is 9.59 Å². The highest BCUT2D eigenvalue weighted by molar-refractivity contribution is 5.91. The summed E-state index contributed by atoms with van der Waals surface area (Å²) >= 11 is 0. The number of aromatic nitrogens is 2. The van der Waals surface area contributed by atoms with Crippen molar-refractivity contribution in [2.45, 2.75) is 33.2 Å². The smallest absolute Gasteiger partial charge is 0.322 e. The third-order valence-electron chi connectivity index (χ3n) is 5.42. The van der Waals surface area contributed by atoms with Crippen molar-refractivity contribution in [2.75, 3.05) is 19.0 Å². The van der Waals surface area contributed by atoms with Gasteiger partial charge in [-0.05, 0) is 43.5 Å². The van der Waals surface area contributed by atoms with Crippen LogP contribution in [0.3, 0.4) is 0 Å². The number of para-hydroxylation sites is 3. The van der Waals surface area contributed by atoms with E-state index in [0.717, 1.165) is 6.42 Å². The van der Waals surface area contributed by atoms with Gasteiger partial charge in [-0.2, -0.15) is 0 Å². The average molecular weight is 423 g/mol. The highest BCUT2D eigenvalue weighted by Gasteiger charge is 2.26. The van der Waals surface area contributed by atoms with E-state index in [0.29, 0.717) is 40.6 Å². The van der Waals surface area contributed by atoms with Gasteiger partial charge in [-0.25, -0.2) is 9.78 Å². The van der Waals surface area contributed by atoms with E-state index >= 15 is 0 Å². The molecule has 0 aliphatic rings. The van der Waals surface area contributed by atoms with Crippen LogP contribution in [-0.2, 0) is 7.05 Å². The van der Waals surface area contributed by atoms with Gasteiger partial charge in [-0.15, -0.1) is 0 Å². The summed E-state index contributed by atoms with van der Waals surface area (Å²) in [6.45, 7) is 6.66. The molecular weight excluding hydrogens is 392 g/mol. The first-order valence-electron chi connectivity index (χ1n) is 10.5. The van der Waals surface area contributed by atoms with Crippen molar-refractivity contribution in [3.63, 3.8) is 0 Å². The number of nitrogens with zero attached hydrogens (tertiary/aromatic N) is 3. The zero-order valence-corrected chi connectivity index (χ0v) is 18.8. The number of urea groups is 1. The molecule has 0 saturated carbocycles. The fraction of sp³-hybridized carbons (Fsp3) is 0.375. The number of hydrogen-bond acceptors (Lipinski definition) is 4. The lowest BCUT2D eigenvalue weighted by Crippen LogP contribution is -2.40. The van der Waals surface area contributed by atoms with Crippen molar-refractivity contribution >= 4 is 22.6 Å². The second kappa shape index (κ2) is 9.64. The number of ether oxygens (including phenoxy) is 1. The maximum absolute atomic E-state index is 13.3. The molecule has 0 fully saturated rings. The summed E-state index contributed by atoms with van der Waals surface area (Å²) in [6.07, 6.45) is 0.825. The highest BCUT2D eigenvalue weighted by atomic mass is 16.5. The Hall–Kier alpha value is -3.35. The molecule has 1 N–H and O–H groups in total. The van der Waals surface area contributed by atoms with E-state index in [1.54, 1.807) is 37.3 Å². The fourth-order valence-electron chi connectivity index (χ4n) is 3.55. The molecule has 3 rings (SSSR count). The summed E-state index contributed by atoms with van der Waals surface area (Å²) in [4.78, 5) is 32.6. The SMILES string of the molecule is COc1ccccc1NC(=O)N(CCC(C)C)C(C)c1nc2ccccc2c(=O)n1C. The van der Waals surface area contributed by atoms with Crippen molar-refractivity contribution < 1.29 is 9.53 Å². The molecule has 1 aromatic heterocycles. The van der Waals surface area contributed by atoms with Crippen LogP contribution < -0.4 is 15.6 Å². The number of fused-ring (bicyclic) bond motifs is 1. The number of methoxy groups -OCH3 is 1. The first-order valence-corrected chi connectivity index (χ1v) is 10.5. The Morgan fingerprint density at radius 2 is 1.81 bits per heavy atom. The van der Waals surface area contributed by atoms with Gasteiger partial charge in [-0.1, -0.05) is 38.1 Å². The highest BCUT2D eigenvalue weighted by Crippen LogP contribution is 2.26. The minimum atomic E-state index is -0.407. The summed E-state index contributed by atoms with van der Waals surface area (Å²) in [5.74, 6) is 1.55. The fourth-order valence-corrected chi connectivity index (χ4v) is 3.55. The summed E-state index contributed by atoms with van der Waals surface area (Å²) in [5, 5.41) is 3.52. The van der Waals surface area contributed by atoms with Crippen LogP contribution in [0.15, 0.2) is 53.3 Å². The van der Waals surface area contributed by atoms with Gasteiger partial charge in [0.15, 0.2) is 0 Å². The zero-order valence-electron chi connectivity index (χ0n) is 18.8. The van der Waals surface area contributed by atoms with Crippen LogP contribution >= 0.6 is 0 Å². The van der Waals surface area contributed by atoms with Crippen LogP contribution in [0.4, 0.5) is 10.5 Å². The first-order chi connectivity index (χ1) is 14.8. The second-order valence-electron chi connectivity index (χ2n) is 8.03. The third kappa shape index (κ3) is 4.87. The average Bonchev–Trinajstić information content (AvgIpc) is 2.76. The predicted octanol–water partition coefficient (Wildman–Crippen LogP) is 4.58. The van der Waals surface area contributed by atoms with Crippen LogP contribution in [0, 0.1) is 5.92 Å². The number of carbonyl (C=O) groups is 1. The van der Waals surface area contributed by atoms with Crippen LogP contribution in [-0.4, -0.2) is 34.1 Å². The Morgan fingerprint density at radius 1 is 1.13 bits per heavy atom. The topological polar surface area (TPSA) is 76.5 Å². The van der Waals surface area contributed by atoms with Crippen LogP contribution in [0.5, 0.6) is 5.75 Å². The summed E-state index contributed by atoms with van der Waals surface area (Å²) in [5.41, 5.74) is 1.10. The Bertz CT molecular complexity index is 1120. The molecule has 31 heavy (non-hydrogen) atoms. The number of amides is 2. The molecule has 2 amide bonds. The lowest BCUT2D eigenvalue weighted by Gasteiger charge is -2.31. The Morgan fingerprint density at radius 3 is 2.52 bits per heavy atom. The molecular formula is C24H30N4O3. The monoisotopic (exact) mass is 422 g/mol. The van der Waals surface area contributed by atoms with Gasteiger partial charge >= 0.3 is 6.03 Å². The number of anilines is 1. The van der Waals surface area contributed by atoms with E-state index in [4.69, 9.17) is 9.72 Å². The van der Waals surface area contributed by atoms with Crippen LogP contribution in [0.1, 0.15) is 39.1 Å². The number of nitrogens with one attached hydrogen (secondary N) is 1. The molecule has 0 aliphatic heterocycles. The molecule has 164 valence electrons. The Labute approximate surface area is 182 Å². The van der Waals surface area contributed by atoms with E-state index in [1.165, 1.54) is 4.57 Å². The van der Waals surface area contributed by atoms with Gasteiger partial charge in [0.05, 0.1) is 29.7 Å². The molecule has 0 radical (unpaired) electrons. The Balaban J connectivity index is 1.98. The van der Waals surface area contributed by atoms with Crippen molar-refractivity contribution in [3.05, 3.63) is 64.7 Å². The quantitative estimate of drug-likeness (QED) is 0.604. The maximum atomic E-state index is 13.3. The third-order valence-corrected chi connectivity index (χ3v) is 5.42. The molecule has 0 saturated heterocycles. The van der Waals surface area contributed by atoms with E-state index < -0.39 is 6.04 Å². The van der Waals surface area contributed by atoms with Crippen LogP contribution in [0.2, 0.25) is 0 Å². The summed E-state index contributed by atoms with van der Waals surface area (Å²) in [6, 6.07) is 13.9. The molecule has 3 aromatic rings. The van der Waals surface area contributed by atoms with Gasteiger partial charge in [0.25, 0.3) is 5.56 Å². The van der Waals surface area contributed by atoms with E-state index in [1.807, 2.05) is 37.3 Å². The van der Waals surface area contributed by atoms with Gasteiger partial charge < -0.3 is 15.0 Å². The second-order valence-corrected chi connectivity index (χ2v) is 8.03.